The lowest BCUT2D eigenvalue weighted by molar-refractivity contribution is 0.0953. The van der Waals surface area contributed by atoms with Gasteiger partial charge in [-0.05, 0) is 31.4 Å². The summed E-state index contributed by atoms with van der Waals surface area (Å²) in [5.41, 5.74) is 1.34. The molecule has 1 N–H and O–H groups in total. The molecule has 3 rings (SSSR count). The van der Waals surface area contributed by atoms with Crippen LogP contribution in [0.4, 0.5) is 0 Å². The van der Waals surface area contributed by atoms with Crippen LogP contribution in [0.1, 0.15) is 28.2 Å². The van der Waals surface area contributed by atoms with Crippen LogP contribution in [0.3, 0.4) is 0 Å². The predicted molar refractivity (Wildman–Crippen MR) is 88.8 cm³/mol. The molecule has 0 spiro atoms. The SMILES string of the molecule is Cn1c(=O)oc2c(C(=O)NCCCCc3nccs3)cccc21. The van der Waals surface area contributed by atoms with E-state index in [-0.39, 0.29) is 5.91 Å². The van der Waals surface area contributed by atoms with Gasteiger partial charge in [0.2, 0.25) is 0 Å². The van der Waals surface area contributed by atoms with Gasteiger partial charge in [-0.1, -0.05) is 6.07 Å². The normalized spacial score (nSPS) is 11.0. The maximum atomic E-state index is 12.3. The van der Waals surface area contributed by atoms with E-state index in [0.717, 1.165) is 24.3 Å². The van der Waals surface area contributed by atoms with Gasteiger partial charge in [0.1, 0.15) is 0 Å². The first-order chi connectivity index (χ1) is 11.2. The maximum absolute atomic E-state index is 12.3. The first-order valence-electron chi connectivity index (χ1n) is 7.42. The molecule has 23 heavy (non-hydrogen) atoms. The van der Waals surface area contributed by atoms with Crippen molar-refractivity contribution in [2.75, 3.05) is 6.54 Å². The van der Waals surface area contributed by atoms with E-state index in [1.165, 1.54) is 4.57 Å². The second kappa shape index (κ2) is 6.78. The zero-order chi connectivity index (χ0) is 16.2. The molecule has 0 fully saturated rings. The fourth-order valence-corrected chi connectivity index (χ4v) is 3.07. The van der Waals surface area contributed by atoms with E-state index in [9.17, 15) is 9.59 Å². The summed E-state index contributed by atoms with van der Waals surface area (Å²) in [6.45, 7) is 0.581. The number of aryl methyl sites for hydroxylation is 2. The molecule has 2 heterocycles. The molecule has 1 amide bonds. The number of oxazole rings is 1. The molecule has 0 saturated carbocycles. The summed E-state index contributed by atoms with van der Waals surface area (Å²) in [5.74, 6) is -0.692. The van der Waals surface area contributed by atoms with E-state index < -0.39 is 5.76 Å². The van der Waals surface area contributed by atoms with Gasteiger partial charge in [0, 0.05) is 25.2 Å². The van der Waals surface area contributed by atoms with Gasteiger partial charge < -0.3 is 9.73 Å². The number of benzene rings is 1. The van der Waals surface area contributed by atoms with E-state index in [1.54, 1.807) is 42.8 Å². The van der Waals surface area contributed by atoms with Crippen LogP contribution in [0.15, 0.2) is 39.0 Å². The number of nitrogens with one attached hydrogen (secondary N) is 1. The summed E-state index contributed by atoms with van der Waals surface area (Å²) < 4.78 is 6.56. The van der Waals surface area contributed by atoms with Gasteiger partial charge >= 0.3 is 5.76 Å². The van der Waals surface area contributed by atoms with Crippen LogP contribution in [-0.2, 0) is 13.5 Å². The highest BCUT2D eigenvalue weighted by Gasteiger charge is 2.15. The summed E-state index contributed by atoms with van der Waals surface area (Å²) in [6, 6.07) is 5.16. The fourth-order valence-electron chi connectivity index (χ4n) is 2.40. The van der Waals surface area contributed by atoms with Gasteiger partial charge in [-0.2, -0.15) is 0 Å². The largest absolute Gasteiger partial charge is 0.419 e. The van der Waals surface area contributed by atoms with Crippen molar-refractivity contribution in [1.29, 1.82) is 0 Å². The molecule has 2 aromatic heterocycles. The lowest BCUT2D eigenvalue weighted by atomic mass is 10.1. The predicted octanol–water partition coefficient (Wildman–Crippen LogP) is 2.34. The number of amides is 1. The zero-order valence-electron chi connectivity index (χ0n) is 12.7. The molecule has 0 atom stereocenters. The van der Waals surface area contributed by atoms with Crippen molar-refractivity contribution in [3.05, 3.63) is 50.9 Å². The Labute approximate surface area is 136 Å². The third-order valence-corrected chi connectivity index (χ3v) is 4.49. The molecule has 0 unspecified atom stereocenters. The van der Waals surface area contributed by atoms with Gasteiger partial charge in [0.05, 0.1) is 16.1 Å². The number of aromatic nitrogens is 2. The Morgan fingerprint density at radius 3 is 3.04 bits per heavy atom. The van der Waals surface area contributed by atoms with Crippen LogP contribution >= 0.6 is 11.3 Å². The number of carbonyl (C=O) groups excluding carboxylic acids is 1. The Kier molecular flexibility index (Phi) is 4.57. The van der Waals surface area contributed by atoms with Gasteiger partial charge in [-0.25, -0.2) is 9.78 Å². The molecule has 6 nitrogen and oxygen atoms in total. The van der Waals surface area contributed by atoms with Crippen LogP contribution in [0.5, 0.6) is 0 Å². The highest BCUT2D eigenvalue weighted by molar-refractivity contribution is 7.09. The lowest BCUT2D eigenvalue weighted by Gasteiger charge is -2.05. The van der Waals surface area contributed by atoms with Crippen molar-refractivity contribution >= 4 is 28.3 Å². The molecule has 1 aromatic carbocycles. The summed E-state index contributed by atoms with van der Waals surface area (Å²) in [7, 11) is 1.62. The standard InChI is InChI=1S/C16H17N3O3S/c1-19-12-6-4-5-11(14(12)22-16(19)21)15(20)18-8-3-2-7-13-17-9-10-23-13/h4-6,9-10H,2-3,7-8H2,1H3,(H,18,20). The number of carbonyl (C=O) groups is 1. The minimum Gasteiger partial charge on any atom is -0.407 e. The van der Waals surface area contributed by atoms with Crippen LogP contribution in [-0.4, -0.2) is 22.0 Å². The third kappa shape index (κ3) is 3.34. The Hall–Kier alpha value is -2.41. The topological polar surface area (TPSA) is 77.1 Å². The molecular formula is C16H17N3O3S. The van der Waals surface area contributed by atoms with Crippen LogP contribution < -0.4 is 11.1 Å². The van der Waals surface area contributed by atoms with E-state index in [2.05, 4.69) is 10.3 Å². The Balaban J connectivity index is 1.58. The van der Waals surface area contributed by atoms with Crippen molar-refractivity contribution < 1.29 is 9.21 Å². The molecule has 120 valence electrons. The van der Waals surface area contributed by atoms with Crippen molar-refractivity contribution in [3.8, 4) is 0 Å². The van der Waals surface area contributed by atoms with Crippen LogP contribution in [0, 0.1) is 0 Å². The Morgan fingerprint density at radius 1 is 1.39 bits per heavy atom. The summed E-state index contributed by atoms with van der Waals surface area (Å²) in [6.07, 6.45) is 4.57. The number of unbranched alkanes of at least 4 members (excludes halogenated alkanes) is 1. The minimum atomic E-state index is -0.469. The first-order valence-corrected chi connectivity index (χ1v) is 8.30. The maximum Gasteiger partial charge on any atom is 0.419 e. The summed E-state index contributed by atoms with van der Waals surface area (Å²) >= 11 is 1.65. The average molecular weight is 331 g/mol. The van der Waals surface area contributed by atoms with E-state index in [0.29, 0.717) is 23.2 Å². The highest BCUT2D eigenvalue weighted by atomic mass is 32.1. The number of rotatable bonds is 6. The zero-order valence-corrected chi connectivity index (χ0v) is 13.6. The number of fused-ring (bicyclic) bond motifs is 1. The second-order valence-corrected chi connectivity index (χ2v) is 6.20. The minimum absolute atomic E-state index is 0.223. The fraction of sp³-hybridized carbons (Fsp3) is 0.312. The van der Waals surface area contributed by atoms with Crippen molar-refractivity contribution in [1.82, 2.24) is 14.9 Å². The molecule has 7 heteroatoms. The molecular weight excluding hydrogens is 314 g/mol. The smallest absolute Gasteiger partial charge is 0.407 e. The highest BCUT2D eigenvalue weighted by Crippen LogP contribution is 2.17. The number of hydrogen-bond acceptors (Lipinski definition) is 5. The van der Waals surface area contributed by atoms with E-state index >= 15 is 0 Å². The number of nitrogens with zero attached hydrogens (tertiary/aromatic N) is 2. The Bertz CT molecular complexity index is 864. The van der Waals surface area contributed by atoms with Crippen LogP contribution in [0.25, 0.3) is 11.1 Å². The molecule has 0 radical (unpaired) electrons. The number of para-hydroxylation sites is 1. The molecule has 0 bridgehead atoms. The summed E-state index contributed by atoms with van der Waals surface area (Å²) in [5, 5.41) is 5.95. The number of hydrogen-bond donors (Lipinski definition) is 1. The van der Waals surface area contributed by atoms with Crippen molar-refractivity contribution in [2.24, 2.45) is 7.05 Å². The van der Waals surface area contributed by atoms with Gasteiger partial charge in [0.25, 0.3) is 5.91 Å². The molecule has 0 aliphatic heterocycles. The molecule has 0 saturated heterocycles. The Morgan fingerprint density at radius 2 is 2.26 bits per heavy atom. The van der Waals surface area contributed by atoms with E-state index in [4.69, 9.17) is 4.42 Å². The van der Waals surface area contributed by atoms with Gasteiger partial charge in [0.15, 0.2) is 5.58 Å². The molecule has 3 aromatic rings. The third-order valence-electron chi connectivity index (χ3n) is 3.65. The first kappa shape index (κ1) is 15.5. The van der Waals surface area contributed by atoms with Crippen molar-refractivity contribution in [3.63, 3.8) is 0 Å². The lowest BCUT2D eigenvalue weighted by Crippen LogP contribution is -2.24. The quantitative estimate of drug-likeness (QED) is 0.703. The van der Waals surface area contributed by atoms with Crippen LogP contribution in [0.2, 0.25) is 0 Å². The second-order valence-electron chi connectivity index (χ2n) is 5.22. The van der Waals surface area contributed by atoms with Gasteiger partial charge in [-0.3, -0.25) is 9.36 Å². The summed E-state index contributed by atoms with van der Waals surface area (Å²) in [4.78, 5) is 28.1. The van der Waals surface area contributed by atoms with Gasteiger partial charge in [-0.15, -0.1) is 11.3 Å². The molecule has 0 aliphatic rings. The van der Waals surface area contributed by atoms with E-state index in [1.807, 2.05) is 5.38 Å². The number of thiazole rings is 1. The average Bonchev–Trinajstić information content (AvgIpc) is 3.16. The molecule has 0 aliphatic carbocycles. The van der Waals surface area contributed by atoms with Crippen molar-refractivity contribution in [2.45, 2.75) is 19.3 Å². The monoisotopic (exact) mass is 331 g/mol.